The summed E-state index contributed by atoms with van der Waals surface area (Å²) in [6.45, 7) is 11.7. The number of ether oxygens (including phenoxy) is 1. The second kappa shape index (κ2) is 7.68. The van der Waals surface area contributed by atoms with Crippen LogP contribution in [0.1, 0.15) is 20.8 Å². The molecule has 0 saturated carbocycles. The molecule has 3 heteroatoms. The van der Waals surface area contributed by atoms with Gasteiger partial charge in [-0.05, 0) is 0 Å². The molecule has 0 aliphatic rings. The van der Waals surface area contributed by atoms with Crippen molar-refractivity contribution in [2.24, 2.45) is 0 Å². The summed E-state index contributed by atoms with van der Waals surface area (Å²) >= 11 is -2.12. The fourth-order valence-corrected chi connectivity index (χ4v) is 8.95. The van der Waals surface area contributed by atoms with E-state index in [0.717, 1.165) is 6.61 Å². The Balaban J connectivity index is 3.74. The maximum absolute atomic E-state index is 6.02. The van der Waals surface area contributed by atoms with Crippen molar-refractivity contribution in [2.75, 3.05) is 13.2 Å². The van der Waals surface area contributed by atoms with Gasteiger partial charge >= 0.3 is 86.7 Å². The maximum atomic E-state index is 6.02. The van der Waals surface area contributed by atoms with Crippen LogP contribution < -0.4 is 0 Å². The molecule has 0 spiro atoms. The summed E-state index contributed by atoms with van der Waals surface area (Å²) < 4.78 is 14.9. The third-order valence-corrected chi connectivity index (χ3v) is 16.0. The Morgan fingerprint density at radius 1 is 1.08 bits per heavy atom. The first kappa shape index (κ1) is 13.3. The van der Waals surface area contributed by atoms with E-state index in [4.69, 9.17) is 7.81 Å². The van der Waals surface area contributed by atoms with Crippen molar-refractivity contribution in [3.8, 4) is 0 Å². The first-order valence-corrected chi connectivity index (χ1v) is 12.3. The summed E-state index contributed by atoms with van der Waals surface area (Å²) in [5.41, 5.74) is 0. The van der Waals surface area contributed by atoms with Crippen LogP contribution in [0, 0.1) is 0 Å². The van der Waals surface area contributed by atoms with Crippen LogP contribution in [-0.4, -0.2) is 32.0 Å². The van der Waals surface area contributed by atoms with Crippen LogP contribution in [0.3, 0.4) is 0 Å². The minimum atomic E-state index is -2.12. The molecule has 0 saturated heterocycles. The summed E-state index contributed by atoms with van der Waals surface area (Å²) in [6, 6.07) is 0. The zero-order chi connectivity index (χ0) is 10.2. The van der Waals surface area contributed by atoms with Gasteiger partial charge in [0, 0.05) is 0 Å². The Hall–Kier alpha value is 0.299. The predicted molar refractivity (Wildman–Crippen MR) is 59.3 cm³/mol. The molecular weight excluding hydrogens is 271 g/mol. The van der Waals surface area contributed by atoms with E-state index in [1.54, 1.807) is 0 Å². The van der Waals surface area contributed by atoms with E-state index in [1.807, 2.05) is 0 Å². The summed E-state index contributed by atoms with van der Waals surface area (Å²) in [5.74, 6) is 0. The van der Waals surface area contributed by atoms with Crippen LogP contribution >= 0.6 is 0 Å². The van der Waals surface area contributed by atoms with Gasteiger partial charge in [-0.15, -0.1) is 0 Å². The standard InChI is InChI=1S/C4H7O2.3C2H5.Sn/c1-2-6-4-3-5;3*1-2;/h2H,1,3-4H2;3*1H2,2H3;/q-1;;;;+1. The molecule has 0 atom stereocenters. The molecule has 0 N–H and O–H groups in total. The molecule has 0 radical (unpaired) electrons. The minimum absolute atomic E-state index is 0.655. The molecule has 13 heavy (non-hydrogen) atoms. The molecular formula is C10H22O2Sn. The second-order valence-electron chi connectivity index (χ2n) is 3.13. The van der Waals surface area contributed by atoms with E-state index in [2.05, 4.69) is 27.4 Å². The van der Waals surface area contributed by atoms with Gasteiger partial charge in [-0.3, -0.25) is 0 Å². The molecule has 2 nitrogen and oxygen atoms in total. The van der Waals surface area contributed by atoms with E-state index in [-0.39, 0.29) is 0 Å². The van der Waals surface area contributed by atoms with Crippen molar-refractivity contribution in [1.29, 1.82) is 0 Å². The van der Waals surface area contributed by atoms with Crippen LogP contribution in [0.5, 0.6) is 0 Å². The monoisotopic (exact) mass is 294 g/mol. The Kier molecular flexibility index (Phi) is 7.86. The normalized spacial score (nSPS) is 11.3. The number of hydrogen-bond donors (Lipinski definition) is 0. The fourth-order valence-electron chi connectivity index (χ4n) is 1.45. The molecule has 0 aliphatic heterocycles. The van der Waals surface area contributed by atoms with Gasteiger partial charge in [0.25, 0.3) is 0 Å². The summed E-state index contributed by atoms with van der Waals surface area (Å²) in [5, 5.41) is 0. The Bertz CT molecular complexity index is 125. The topological polar surface area (TPSA) is 18.5 Å². The van der Waals surface area contributed by atoms with Gasteiger partial charge in [-0.2, -0.15) is 0 Å². The SMILES string of the molecule is C=COCC[O][Sn]([CH2]C)([CH2]C)[CH2]C. The molecule has 0 aromatic carbocycles. The van der Waals surface area contributed by atoms with Crippen molar-refractivity contribution in [1.82, 2.24) is 0 Å². The molecule has 78 valence electrons. The number of rotatable bonds is 8. The third kappa shape index (κ3) is 4.91. The van der Waals surface area contributed by atoms with Gasteiger partial charge in [-0.1, -0.05) is 0 Å². The van der Waals surface area contributed by atoms with Crippen molar-refractivity contribution in [2.45, 2.75) is 34.1 Å². The average Bonchev–Trinajstić information content (AvgIpc) is 2.20. The molecule has 0 bridgehead atoms. The molecule has 0 aliphatic carbocycles. The summed E-state index contributed by atoms with van der Waals surface area (Å²) in [4.78, 5) is 0. The van der Waals surface area contributed by atoms with Crippen LogP contribution in [0.2, 0.25) is 13.3 Å². The first-order valence-electron chi connectivity index (χ1n) is 5.11. The van der Waals surface area contributed by atoms with Gasteiger partial charge in [0.2, 0.25) is 0 Å². The van der Waals surface area contributed by atoms with E-state index >= 15 is 0 Å². The van der Waals surface area contributed by atoms with Crippen LogP contribution in [0.25, 0.3) is 0 Å². The van der Waals surface area contributed by atoms with E-state index in [1.165, 1.54) is 19.6 Å². The Labute approximate surface area is 86.7 Å². The molecule has 0 fully saturated rings. The molecule has 0 heterocycles. The van der Waals surface area contributed by atoms with Crippen LogP contribution in [-0.2, 0) is 7.81 Å². The van der Waals surface area contributed by atoms with Crippen LogP contribution in [0.4, 0.5) is 0 Å². The Morgan fingerprint density at radius 3 is 2.00 bits per heavy atom. The average molecular weight is 293 g/mol. The predicted octanol–water partition coefficient (Wildman–Crippen LogP) is 3.17. The van der Waals surface area contributed by atoms with Gasteiger partial charge < -0.3 is 0 Å². The Morgan fingerprint density at radius 2 is 1.62 bits per heavy atom. The summed E-state index contributed by atoms with van der Waals surface area (Å²) in [7, 11) is 0. The molecule has 0 rings (SSSR count). The van der Waals surface area contributed by atoms with E-state index < -0.39 is 18.8 Å². The third-order valence-electron chi connectivity index (χ3n) is 2.66. The van der Waals surface area contributed by atoms with E-state index in [0.29, 0.717) is 6.61 Å². The molecule has 0 aromatic rings. The molecule has 0 aromatic heterocycles. The quantitative estimate of drug-likeness (QED) is 0.389. The van der Waals surface area contributed by atoms with Crippen molar-refractivity contribution in [3.05, 3.63) is 12.8 Å². The molecule has 0 amide bonds. The fraction of sp³-hybridized carbons (Fsp3) is 0.800. The van der Waals surface area contributed by atoms with Crippen molar-refractivity contribution >= 4 is 18.8 Å². The number of hydrogen-bond acceptors (Lipinski definition) is 2. The van der Waals surface area contributed by atoms with E-state index in [9.17, 15) is 0 Å². The van der Waals surface area contributed by atoms with Gasteiger partial charge in [-0.25, -0.2) is 0 Å². The van der Waals surface area contributed by atoms with Gasteiger partial charge in [0.15, 0.2) is 0 Å². The van der Waals surface area contributed by atoms with Crippen molar-refractivity contribution in [3.63, 3.8) is 0 Å². The summed E-state index contributed by atoms with van der Waals surface area (Å²) in [6.07, 6.45) is 1.48. The zero-order valence-corrected chi connectivity index (χ0v) is 12.0. The first-order chi connectivity index (χ1) is 6.24. The second-order valence-corrected chi connectivity index (χ2v) is 16.8. The molecule has 0 unspecified atom stereocenters. The van der Waals surface area contributed by atoms with Gasteiger partial charge in [0.05, 0.1) is 0 Å². The zero-order valence-electron chi connectivity index (χ0n) is 9.14. The van der Waals surface area contributed by atoms with Gasteiger partial charge in [0.1, 0.15) is 0 Å². The van der Waals surface area contributed by atoms with Crippen molar-refractivity contribution < 1.29 is 7.81 Å². The van der Waals surface area contributed by atoms with Crippen LogP contribution in [0.15, 0.2) is 12.8 Å².